The number of rotatable bonds is 7. The second kappa shape index (κ2) is 7.65. The van der Waals surface area contributed by atoms with Gasteiger partial charge < -0.3 is 10.0 Å². The van der Waals surface area contributed by atoms with Crippen LogP contribution in [0, 0.1) is 0 Å². The summed E-state index contributed by atoms with van der Waals surface area (Å²) in [6.07, 6.45) is -0.0304. The lowest BCUT2D eigenvalue weighted by Crippen LogP contribution is -2.44. The molecule has 1 atom stereocenters. The third kappa shape index (κ3) is 5.01. The largest absolute Gasteiger partial charge is 0.481 e. The molecule has 0 spiro atoms. The number of carbonyl (C=O) groups is 2. The van der Waals surface area contributed by atoms with Crippen molar-refractivity contribution in [3.8, 4) is 0 Å². The van der Waals surface area contributed by atoms with Crippen LogP contribution in [0.3, 0.4) is 0 Å². The van der Waals surface area contributed by atoms with Gasteiger partial charge in [-0.25, -0.2) is 0 Å². The molecule has 1 aromatic carbocycles. The monoisotopic (exact) mass is 278 g/mol. The Bertz CT molecular complexity index is 448. The fourth-order valence-corrected chi connectivity index (χ4v) is 1.89. The Morgan fingerprint density at radius 1 is 1.20 bits per heavy atom. The van der Waals surface area contributed by atoms with Crippen LogP contribution in [-0.4, -0.2) is 53.5 Å². The second-order valence-electron chi connectivity index (χ2n) is 4.98. The van der Waals surface area contributed by atoms with Crippen LogP contribution in [0.5, 0.6) is 0 Å². The summed E-state index contributed by atoms with van der Waals surface area (Å²) in [6.45, 7) is 2.75. The van der Waals surface area contributed by atoms with E-state index in [4.69, 9.17) is 5.11 Å². The second-order valence-corrected chi connectivity index (χ2v) is 4.98. The van der Waals surface area contributed by atoms with Gasteiger partial charge in [-0.1, -0.05) is 30.3 Å². The third-order valence-electron chi connectivity index (χ3n) is 3.33. The van der Waals surface area contributed by atoms with Crippen molar-refractivity contribution in [2.45, 2.75) is 25.9 Å². The number of likely N-dealkylation sites (N-methyl/N-ethyl adjacent to an activating group) is 2. The maximum atomic E-state index is 12.2. The Labute approximate surface area is 119 Å². The molecule has 20 heavy (non-hydrogen) atoms. The van der Waals surface area contributed by atoms with Crippen LogP contribution in [0.25, 0.3) is 0 Å². The molecule has 1 N–H and O–H groups in total. The number of aliphatic carboxylic acids is 1. The summed E-state index contributed by atoms with van der Waals surface area (Å²) in [7, 11) is 3.53. The van der Waals surface area contributed by atoms with Crippen LogP contribution < -0.4 is 0 Å². The lowest BCUT2D eigenvalue weighted by atomic mass is 10.2. The van der Waals surface area contributed by atoms with Gasteiger partial charge in [-0.05, 0) is 19.5 Å². The van der Waals surface area contributed by atoms with Crippen molar-refractivity contribution in [3.05, 3.63) is 35.9 Å². The molecule has 0 saturated heterocycles. The van der Waals surface area contributed by atoms with Gasteiger partial charge in [-0.2, -0.15) is 0 Å². The Kier molecular flexibility index (Phi) is 6.18. The predicted molar refractivity (Wildman–Crippen MR) is 77.3 cm³/mol. The first-order valence-corrected chi connectivity index (χ1v) is 6.62. The van der Waals surface area contributed by atoms with Gasteiger partial charge >= 0.3 is 5.97 Å². The van der Waals surface area contributed by atoms with E-state index < -0.39 is 5.97 Å². The molecule has 1 amide bonds. The number of hydrogen-bond acceptors (Lipinski definition) is 3. The van der Waals surface area contributed by atoms with Gasteiger partial charge in [-0.15, -0.1) is 0 Å². The fraction of sp³-hybridized carbons (Fsp3) is 0.467. The van der Waals surface area contributed by atoms with Crippen LogP contribution in [-0.2, 0) is 16.1 Å². The number of amides is 1. The molecular weight excluding hydrogens is 256 g/mol. The van der Waals surface area contributed by atoms with Crippen LogP contribution in [0.4, 0.5) is 0 Å². The number of benzene rings is 1. The molecule has 0 aliphatic carbocycles. The molecule has 0 aromatic heterocycles. The van der Waals surface area contributed by atoms with Gasteiger partial charge in [0.2, 0.25) is 5.91 Å². The smallest absolute Gasteiger partial charge is 0.305 e. The standard InChI is InChI=1S/C15H22N2O3/c1-12(15(20)16(2)10-9-14(18)19)17(3)11-13-7-5-4-6-8-13/h4-8,12H,9-11H2,1-3H3,(H,18,19). The highest BCUT2D eigenvalue weighted by Crippen LogP contribution is 2.08. The van der Waals surface area contributed by atoms with Crippen molar-refractivity contribution in [3.63, 3.8) is 0 Å². The topological polar surface area (TPSA) is 60.9 Å². The van der Waals surface area contributed by atoms with E-state index in [2.05, 4.69) is 0 Å². The van der Waals surface area contributed by atoms with E-state index in [-0.39, 0.29) is 24.9 Å². The number of carboxylic acids is 1. The first kappa shape index (κ1) is 16.2. The average Bonchev–Trinajstić information content (AvgIpc) is 2.44. The molecule has 0 fully saturated rings. The zero-order valence-corrected chi connectivity index (χ0v) is 12.2. The van der Waals surface area contributed by atoms with E-state index in [0.29, 0.717) is 6.54 Å². The highest BCUT2D eigenvalue weighted by molar-refractivity contribution is 5.81. The van der Waals surface area contributed by atoms with Crippen molar-refractivity contribution in [1.29, 1.82) is 0 Å². The molecule has 5 nitrogen and oxygen atoms in total. The lowest BCUT2D eigenvalue weighted by molar-refractivity contribution is -0.139. The minimum atomic E-state index is -0.894. The summed E-state index contributed by atoms with van der Waals surface area (Å²) in [5, 5.41) is 8.64. The summed E-state index contributed by atoms with van der Waals surface area (Å²) in [5.41, 5.74) is 1.14. The number of nitrogens with zero attached hydrogens (tertiary/aromatic N) is 2. The molecular formula is C15H22N2O3. The zero-order chi connectivity index (χ0) is 15.1. The molecule has 1 aromatic rings. The summed E-state index contributed by atoms with van der Waals surface area (Å²) in [4.78, 5) is 26.1. The first-order valence-electron chi connectivity index (χ1n) is 6.62. The zero-order valence-electron chi connectivity index (χ0n) is 12.2. The summed E-state index contributed by atoms with van der Waals surface area (Å²) >= 11 is 0. The van der Waals surface area contributed by atoms with Crippen molar-refractivity contribution >= 4 is 11.9 Å². The van der Waals surface area contributed by atoms with Gasteiger partial charge in [0.15, 0.2) is 0 Å². The molecule has 0 heterocycles. The molecule has 1 unspecified atom stereocenters. The third-order valence-corrected chi connectivity index (χ3v) is 3.33. The summed E-state index contributed by atoms with van der Waals surface area (Å²) in [6, 6.07) is 9.64. The van der Waals surface area contributed by atoms with Crippen LogP contribution in [0.2, 0.25) is 0 Å². The lowest BCUT2D eigenvalue weighted by Gasteiger charge is -2.28. The molecule has 1 rings (SSSR count). The Balaban J connectivity index is 2.52. The van der Waals surface area contributed by atoms with Crippen LogP contribution >= 0.6 is 0 Å². The highest BCUT2D eigenvalue weighted by Gasteiger charge is 2.21. The van der Waals surface area contributed by atoms with E-state index in [1.807, 2.05) is 49.2 Å². The van der Waals surface area contributed by atoms with Crippen molar-refractivity contribution < 1.29 is 14.7 Å². The predicted octanol–water partition coefficient (Wildman–Crippen LogP) is 1.44. The molecule has 0 bridgehead atoms. The summed E-state index contributed by atoms with van der Waals surface area (Å²) in [5.74, 6) is -0.959. The molecule has 0 saturated carbocycles. The normalized spacial score (nSPS) is 12.2. The Morgan fingerprint density at radius 2 is 1.80 bits per heavy atom. The molecule has 0 aliphatic heterocycles. The van der Waals surface area contributed by atoms with Gasteiger partial charge in [0.25, 0.3) is 0 Å². The van der Waals surface area contributed by atoms with Crippen molar-refractivity contribution in [1.82, 2.24) is 9.80 Å². The van der Waals surface area contributed by atoms with E-state index in [9.17, 15) is 9.59 Å². The number of hydrogen-bond donors (Lipinski definition) is 1. The van der Waals surface area contributed by atoms with Crippen LogP contribution in [0.1, 0.15) is 18.9 Å². The maximum absolute atomic E-state index is 12.2. The number of carbonyl (C=O) groups excluding carboxylic acids is 1. The van der Waals surface area contributed by atoms with E-state index in [0.717, 1.165) is 5.56 Å². The highest BCUT2D eigenvalue weighted by atomic mass is 16.4. The molecule has 0 aliphatic rings. The average molecular weight is 278 g/mol. The summed E-state index contributed by atoms with van der Waals surface area (Å²) < 4.78 is 0. The molecule has 110 valence electrons. The first-order chi connectivity index (χ1) is 9.41. The molecule has 0 radical (unpaired) electrons. The quantitative estimate of drug-likeness (QED) is 0.820. The number of carboxylic acid groups (broad SMARTS) is 1. The Morgan fingerprint density at radius 3 is 2.35 bits per heavy atom. The molecule has 5 heteroatoms. The van der Waals surface area contributed by atoms with Gasteiger partial charge in [-0.3, -0.25) is 14.5 Å². The minimum absolute atomic E-state index is 0.0304. The fourth-order valence-electron chi connectivity index (χ4n) is 1.89. The van der Waals surface area contributed by atoms with Gasteiger partial charge in [0.1, 0.15) is 0 Å². The van der Waals surface area contributed by atoms with Crippen LogP contribution in [0.15, 0.2) is 30.3 Å². The van der Waals surface area contributed by atoms with Gasteiger partial charge in [0.05, 0.1) is 12.5 Å². The van der Waals surface area contributed by atoms with E-state index >= 15 is 0 Å². The van der Waals surface area contributed by atoms with Crippen molar-refractivity contribution in [2.75, 3.05) is 20.6 Å². The maximum Gasteiger partial charge on any atom is 0.305 e. The van der Waals surface area contributed by atoms with Crippen molar-refractivity contribution in [2.24, 2.45) is 0 Å². The van der Waals surface area contributed by atoms with E-state index in [1.165, 1.54) is 4.90 Å². The SMILES string of the molecule is CC(C(=O)N(C)CCC(=O)O)N(C)Cc1ccccc1. The Hall–Kier alpha value is -1.88. The minimum Gasteiger partial charge on any atom is -0.481 e. The van der Waals surface area contributed by atoms with E-state index in [1.54, 1.807) is 7.05 Å². The van der Waals surface area contributed by atoms with Gasteiger partial charge in [0, 0.05) is 20.1 Å².